The summed E-state index contributed by atoms with van der Waals surface area (Å²) in [7, 11) is 0. The first-order chi connectivity index (χ1) is 13.1. The van der Waals surface area contributed by atoms with E-state index in [0.29, 0.717) is 31.8 Å². The maximum atomic E-state index is 12.5. The van der Waals surface area contributed by atoms with Crippen LogP contribution in [0.5, 0.6) is 0 Å². The standard InChI is InChI=1S/C20H27N3O4/c24-18(21-14-16-9-12-27-13-10-16)7-6-17-19(25)23(20(26)22-17)11-8-15-4-2-1-3-5-15/h1-5,16-17H,6-14H2,(H,21,24)(H,22,26). The largest absolute Gasteiger partial charge is 0.381 e. The van der Waals surface area contributed by atoms with Crippen LogP contribution in [0.1, 0.15) is 31.2 Å². The number of carbonyl (C=O) groups excluding carboxylic acids is 3. The van der Waals surface area contributed by atoms with Crippen molar-refractivity contribution >= 4 is 17.8 Å². The Balaban J connectivity index is 1.39. The molecular weight excluding hydrogens is 346 g/mol. The molecule has 2 saturated heterocycles. The van der Waals surface area contributed by atoms with Gasteiger partial charge in [-0.05, 0) is 37.2 Å². The fourth-order valence-corrected chi connectivity index (χ4v) is 3.44. The average molecular weight is 373 g/mol. The predicted octanol–water partition coefficient (Wildman–Crippen LogP) is 1.47. The Labute approximate surface area is 159 Å². The number of amides is 4. The zero-order chi connectivity index (χ0) is 19.1. The first kappa shape index (κ1) is 19.4. The molecule has 7 heteroatoms. The second kappa shape index (κ2) is 9.50. The highest BCUT2D eigenvalue weighted by Gasteiger charge is 2.37. The van der Waals surface area contributed by atoms with Gasteiger partial charge in [-0.2, -0.15) is 0 Å². The number of rotatable bonds is 8. The number of benzene rings is 1. The van der Waals surface area contributed by atoms with Gasteiger partial charge in [0.05, 0.1) is 0 Å². The molecule has 2 N–H and O–H groups in total. The third-order valence-electron chi connectivity index (χ3n) is 5.16. The summed E-state index contributed by atoms with van der Waals surface area (Å²) >= 11 is 0. The van der Waals surface area contributed by atoms with Crippen LogP contribution in [0.3, 0.4) is 0 Å². The maximum absolute atomic E-state index is 12.5. The van der Waals surface area contributed by atoms with Gasteiger partial charge in [-0.25, -0.2) is 4.79 Å². The minimum atomic E-state index is -0.609. The van der Waals surface area contributed by atoms with Crippen LogP contribution >= 0.6 is 0 Å². The molecule has 2 aliphatic rings. The summed E-state index contributed by atoms with van der Waals surface area (Å²) in [5.74, 6) is 0.142. The SMILES string of the molecule is O=C(CCC1NC(=O)N(CCc2ccccc2)C1=O)NCC1CCOCC1. The van der Waals surface area contributed by atoms with Crippen LogP contribution in [-0.2, 0) is 20.7 Å². The summed E-state index contributed by atoms with van der Waals surface area (Å²) in [5.41, 5.74) is 1.08. The highest BCUT2D eigenvalue weighted by Crippen LogP contribution is 2.15. The lowest BCUT2D eigenvalue weighted by Gasteiger charge is -2.22. The summed E-state index contributed by atoms with van der Waals surface area (Å²) in [6, 6.07) is 8.76. The Kier molecular flexibility index (Phi) is 6.81. The molecular formula is C20H27N3O4. The van der Waals surface area contributed by atoms with Crippen molar-refractivity contribution in [2.24, 2.45) is 5.92 Å². The van der Waals surface area contributed by atoms with Crippen molar-refractivity contribution in [1.29, 1.82) is 0 Å². The molecule has 0 saturated carbocycles. The molecule has 3 rings (SSSR count). The van der Waals surface area contributed by atoms with Crippen LogP contribution in [0.15, 0.2) is 30.3 Å². The normalized spacial score (nSPS) is 20.6. The zero-order valence-electron chi connectivity index (χ0n) is 15.5. The molecule has 0 radical (unpaired) electrons. The first-order valence-corrected chi connectivity index (χ1v) is 9.63. The molecule has 27 heavy (non-hydrogen) atoms. The third kappa shape index (κ3) is 5.53. The second-order valence-corrected chi connectivity index (χ2v) is 7.13. The van der Waals surface area contributed by atoms with Gasteiger partial charge >= 0.3 is 6.03 Å². The van der Waals surface area contributed by atoms with Gasteiger partial charge in [0.15, 0.2) is 0 Å². The molecule has 0 aromatic heterocycles. The lowest BCUT2D eigenvalue weighted by molar-refractivity contribution is -0.127. The van der Waals surface area contributed by atoms with E-state index in [1.54, 1.807) is 0 Å². The van der Waals surface area contributed by atoms with Crippen molar-refractivity contribution in [3.63, 3.8) is 0 Å². The Hall–Kier alpha value is -2.41. The van der Waals surface area contributed by atoms with E-state index in [1.807, 2.05) is 30.3 Å². The van der Waals surface area contributed by atoms with Gasteiger partial charge in [0.1, 0.15) is 6.04 Å². The molecule has 1 atom stereocenters. The molecule has 7 nitrogen and oxygen atoms in total. The van der Waals surface area contributed by atoms with Gasteiger partial charge in [0.2, 0.25) is 5.91 Å². The number of nitrogens with zero attached hydrogens (tertiary/aromatic N) is 1. The topological polar surface area (TPSA) is 87.7 Å². The average Bonchev–Trinajstić information content (AvgIpc) is 2.97. The van der Waals surface area contributed by atoms with Crippen LogP contribution in [0.25, 0.3) is 0 Å². The molecule has 2 aliphatic heterocycles. The van der Waals surface area contributed by atoms with Crippen LogP contribution in [0.2, 0.25) is 0 Å². The van der Waals surface area contributed by atoms with Crippen molar-refractivity contribution in [3.05, 3.63) is 35.9 Å². The zero-order valence-corrected chi connectivity index (χ0v) is 15.5. The van der Waals surface area contributed by atoms with Crippen LogP contribution in [0.4, 0.5) is 4.79 Å². The minimum absolute atomic E-state index is 0.0775. The molecule has 0 aliphatic carbocycles. The molecule has 4 amide bonds. The molecule has 146 valence electrons. The number of ether oxygens (including phenoxy) is 1. The van der Waals surface area contributed by atoms with Crippen LogP contribution in [0, 0.1) is 5.92 Å². The number of imide groups is 1. The van der Waals surface area contributed by atoms with E-state index in [-0.39, 0.29) is 24.3 Å². The Morgan fingerprint density at radius 3 is 2.67 bits per heavy atom. The predicted molar refractivity (Wildman–Crippen MR) is 100.0 cm³/mol. The molecule has 1 aromatic rings. The van der Waals surface area contributed by atoms with Gasteiger partial charge in [-0.3, -0.25) is 14.5 Å². The lowest BCUT2D eigenvalue weighted by atomic mass is 10.0. The third-order valence-corrected chi connectivity index (χ3v) is 5.16. The molecule has 2 heterocycles. The summed E-state index contributed by atoms with van der Waals surface area (Å²) in [6.45, 7) is 2.50. The Bertz CT molecular complexity index is 658. The molecule has 1 unspecified atom stereocenters. The molecule has 1 aromatic carbocycles. The van der Waals surface area contributed by atoms with E-state index in [0.717, 1.165) is 31.6 Å². The van der Waals surface area contributed by atoms with Crippen molar-refractivity contribution < 1.29 is 19.1 Å². The Morgan fingerprint density at radius 1 is 1.19 bits per heavy atom. The van der Waals surface area contributed by atoms with E-state index in [4.69, 9.17) is 4.74 Å². The molecule has 2 fully saturated rings. The van der Waals surface area contributed by atoms with Gasteiger partial charge < -0.3 is 15.4 Å². The smallest absolute Gasteiger partial charge is 0.324 e. The van der Waals surface area contributed by atoms with E-state index < -0.39 is 6.04 Å². The van der Waals surface area contributed by atoms with Crippen molar-refractivity contribution in [1.82, 2.24) is 15.5 Å². The highest BCUT2D eigenvalue weighted by atomic mass is 16.5. The number of hydrogen-bond donors (Lipinski definition) is 2. The number of urea groups is 1. The number of nitrogens with one attached hydrogen (secondary N) is 2. The van der Waals surface area contributed by atoms with E-state index in [2.05, 4.69) is 10.6 Å². The first-order valence-electron chi connectivity index (χ1n) is 9.63. The van der Waals surface area contributed by atoms with E-state index >= 15 is 0 Å². The van der Waals surface area contributed by atoms with Gasteiger partial charge in [-0.1, -0.05) is 30.3 Å². The highest BCUT2D eigenvalue weighted by molar-refractivity contribution is 6.04. The van der Waals surface area contributed by atoms with Crippen molar-refractivity contribution in [3.8, 4) is 0 Å². The van der Waals surface area contributed by atoms with Crippen molar-refractivity contribution in [2.45, 2.75) is 38.1 Å². The fourth-order valence-electron chi connectivity index (χ4n) is 3.44. The van der Waals surface area contributed by atoms with Gasteiger partial charge in [0, 0.05) is 32.7 Å². The number of hydrogen-bond acceptors (Lipinski definition) is 4. The summed E-state index contributed by atoms with van der Waals surface area (Å²) in [6.07, 6.45) is 3.11. The number of carbonyl (C=O) groups is 3. The second-order valence-electron chi connectivity index (χ2n) is 7.13. The summed E-state index contributed by atoms with van der Waals surface area (Å²) in [4.78, 5) is 37.8. The van der Waals surface area contributed by atoms with Gasteiger partial charge in [-0.15, -0.1) is 0 Å². The maximum Gasteiger partial charge on any atom is 0.324 e. The van der Waals surface area contributed by atoms with Crippen LogP contribution in [-0.4, -0.2) is 55.1 Å². The van der Waals surface area contributed by atoms with Crippen LogP contribution < -0.4 is 10.6 Å². The quantitative estimate of drug-likeness (QED) is 0.676. The fraction of sp³-hybridized carbons (Fsp3) is 0.550. The monoisotopic (exact) mass is 373 g/mol. The summed E-state index contributed by atoms with van der Waals surface area (Å²) < 4.78 is 5.31. The van der Waals surface area contributed by atoms with Crippen molar-refractivity contribution in [2.75, 3.05) is 26.3 Å². The van der Waals surface area contributed by atoms with E-state index in [1.165, 1.54) is 4.90 Å². The minimum Gasteiger partial charge on any atom is -0.381 e. The van der Waals surface area contributed by atoms with Gasteiger partial charge in [0.25, 0.3) is 5.91 Å². The Morgan fingerprint density at radius 2 is 1.93 bits per heavy atom. The molecule has 0 bridgehead atoms. The lowest BCUT2D eigenvalue weighted by Crippen LogP contribution is -2.35. The molecule has 0 spiro atoms. The summed E-state index contributed by atoms with van der Waals surface area (Å²) in [5, 5.41) is 5.62. The van der Waals surface area contributed by atoms with E-state index in [9.17, 15) is 14.4 Å².